The number of likely N-dealkylation sites (N-methyl/N-ethyl adjacent to an activating group) is 1. The number of ether oxygens (including phenoxy) is 1. The number of nitrogens with one attached hydrogen (secondary N) is 1. The van der Waals surface area contributed by atoms with Crippen LogP contribution in [0.25, 0.3) is 0 Å². The zero-order chi connectivity index (χ0) is 56.4. The Morgan fingerprint density at radius 3 is 1.25 bits per heavy atom. The van der Waals surface area contributed by atoms with Crippen LogP contribution in [-0.4, -0.2) is 74.3 Å². The molecule has 0 fully saturated rings. The lowest BCUT2D eigenvalue weighted by Crippen LogP contribution is -2.47. The highest BCUT2D eigenvalue weighted by Crippen LogP contribution is 2.43. The molecule has 442 valence electrons. The molecule has 0 bridgehead atoms. The summed E-state index contributed by atoms with van der Waals surface area (Å²) in [7, 11) is 1.47. The first-order valence-electron chi connectivity index (χ1n) is 31.2. The second-order valence-electron chi connectivity index (χ2n) is 21.8. The average molecular weight is 1090 g/mol. The Morgan fingerprint density at radius 2 is 0.831 bits per heavy atom. The van der Waals surface area contributed by atoms with Crippen LogP contribution in [0.3, 0.4) is 0 Å². The predicted octanol–water partition coefficient (Wildman–Crippen LogP) is 19.3. The predicted molar refractivity (Wildman–Crippen MR) is 332 cm³/mol. The molecule has 0 aromatic rings. The topological polar surface area (TPSA) is 111 Å². The lowest BCUT2D eigenvalue weighted by molar-refractivity contribution is -0.870. The molecular weight excluding hydrogens is 976 g/mol. The van der Waals surface area contributed by atoms with Crippen LogP contribution in [0.5, 0.6) is 0 Å². The highest BCUT2D eigenvalue weighted by atomic mass is 31.2. The summed E-state index contributed by atoms with van der Waals surface area (Å²) in [6.07, 6.45) is 76.5. The number of rotatable bonds is 55. The third-order valence-corrected chi connectivity index (χ3v) is 14.2. The van der Waals surface area contributed by atoms with E-state index in [1.54, 1.807) is 0 Å². The molecular formula is C67H118N2O7P+. The fraction of sp³-hybridized carbons (Fsp3) is 0.701. The molecule has 0 spiro atoms. The molecule has 0 aliphatic carbocycles. The van der Waals surface area contributed by atoms with Crippen LogP contribution < -0.4 is 5.32 Å². The molecule has 3 atom stereocenters. The fourth-order valence-electron chi connectivity index (χ4n) is 8.45. The van der Waals surface area contributed by atoms with Gasteiger partial charge in [-0.25, -0.2) is 4.57 Å². The Morgan fingerprint density at radius 1 is 0.468 bits per heavy atom. The maximum atomic E-state index is 13.5. The number of hydrogen-bond donors (Lipinski definition) is 2. The molecule has 0 saturated heterocycles. The molecule has 0 aromatic heterocycles. The number of unbranched alkanes of at least 4 members (excludes halogenated alkanes) is 23. The quantitative estimate of drug-likeness (QED) is 0.0205. The molecule has 0 heterocycles. The van der Waals surface area contributed by atoms with Crippen molar-refractivity contribution in [2.45, 2.75) is 264 Å². The van der Waals surface area contributed by atoms with E-state index < -0.39 is 20.0 Å². The molecule has 1 amide bonds. The highest BCUT2D eigenvalue weighted by molar-refractivity contribution is 7.47. The monoisotopic (exact) mass is 1090 g/mol. The van der Waals surface area contributed by atoms with Crippen molar-refractivity contribution in [3.05, 3.63) is 109 Å². The molecule has 77 heavy (non-hydrogen) atoms. The van der Waals surface area contributed by atoms with Gasteiger partial charge in [-0.05, 0) is 109 Å². The third kappa shape index (κ3) is 57.2. The summed E-state index contributed by atoms with van der Waals surface area (Å²) in [5, 5.41) is 3.04. The van der Waals surface area contributed by atoms with Gasteiger partial charge < -0.3 is 19.4 Å². The zero-order valence-corrected chi connectivity index (χ0v) is 51.3. The lowest BCUT2D eigenvalue weighted by Gasteiger charge is -2.27. The van der Waals surface area contributed by atoms with E-state index in [1.165, 1.54) is 70.6 Å². The smallest absolute Gasteiger partial charge is 0.456 e. The van der Waals surface area contributed by atoms with E-state index in [-0.39, 0.29) is 31.5 Å². The molecule has 9 nitrogen and oxygen atoms in total. The van der Waals surface area contributed by atoms with E-state index in [1.807, 2.05) is 33.3 Å². The lowest BCUT2D eigenvalue weighted by atomic mass is 10.0. The number of quaternary nitrogens is 1. The van der Waals surface area contributed by atoms with Gasteiger partial charge in [0, 0.05) is 12.8 Å². The van der Waals surface area contributed by atoms with Crippen molar-refractivity contribution in [2.75, 3.05) is 40.9 Å². The number of phosphoric acid groups is 1. The molecule has 0 saturated carbocycles. The Bertz CT molecular complexity index is 1690. The van der Waals surface area contributed by atoms with Crippen LogP contribution in [0.1, 0.15) is 252 Å². The number of esters is 1. The molecule has 2 N–H and O–H groups in total. The second kappa shape index (κ2) is 56.0. The van der Waals surface area contributed by atoms with E-state index in [2.05, 4.69) is 123 Å². The minimum Gasteiger partial charge on any atom is -0.456 e. The zero-order valence-electron chi connectivity index (χ0n) is 50.4. The number of hydrogen-bond acceptors (Lipinski definition) is 6. The summed E-state index contributed by atoms with van der Waals surface area (Å²) >= 11 is 0. The van der Waals surface area contributed by atoms with Gasteiger partial charge in [-0.1, -0.05) is 240 Å². The molecule has 10 heteroatoms. The summed E-state index contributed by atoms with van der Waals surface area (Å²) in [5.41, 5.74) is 0. The summed E-state index contributed by atoms with van der Waals surface area (Å²) in [6.45, 7) is 6.76. The number of phosphoric ester groups is 1. The standard InChI is InChI=1S/C67H117N2O7P/c1-7-10-13-16-19-22-25-28-30-32-33-34-35-36-37-38-40-42-45-48-51-54-57-60-67(71)76-65(58-55-52-49-46-43-27-24-21-18-15-12-9-3)64(63-75-77(72,73)74-62-61-69(4,5)6)68-66(70)59-56-53-50-47-44-41-39-31-29-26-23-20-17-14-11-8-2/h10-11,13-14,19-20,22-23,28-31,33-34,36-37,55,58,64-65H,7-9,12,15-18,21,24-27,32,35,38-54,56-57,59-63H2,1-6H3,(H-,68,70,72,73)/p+1/b13-10-,14-11+,22-19-,23-20+,30-28-,31-29+,34-33-,37-36-,58-55-. The maximum absolute atomic E-state index is 13.5. The first kappa shape index (κ1) is 73.7. The Balaban J connectivity index is 5.26. The van der Waals surface area contributed by atoms with E-state index >= 15 is 0 Å². The van der Waals surface area contributed by atoms with Crippen molar-refractivity contribution in [2.24, 2.45) is 0 Å². The molecule has 0 aliphatic rings. The second-order valence-corrected chi connectivity index (χ2v) is 23.3. The van der Waals surface area contributed by atoms with Crippen molar-refractivity contribution in [1.29, 1.82) is 0 Å². The van der Waals surface area contributed by atoms with Crippen molar-refractivity contribution in [1.82, 2.24) is 5.32 Å². The van der Waals surface area contributed by atoms with Crippen molar-refractivity contribution in [3.8, 4) is 0 Å². The van der Waals surface area contributed by atoms with E-state index in [4.69, 9.17) is 13.8 Å². The summed E-state index contributed by atoms with van der Waals surface area (Å²) in [4.78, 5) is 37.7. The number of allylic oxidation sites excluding steroid dienone is 17. The van der Waals surface area contributed by atoms with Gasteiger partial charge in [-0.3, -0.25) is 18.6 Å². The minimum atomic E-state index is -4.46. The summed E-state index contributed by atoms with van der Waals surface area (Å²) in [5.74, 6) is -0.538. The Kier molecular flexibility index (Phi) is 53.5. The summed E-state index contributed by atoms with van der Waals surface area (Å²) in [6, 6.07) is -0.867. The van der Waals surface area contributed by atoms with Crippen LogP contribution in [0, 0.1) is 0 Å². The Labute approximate surface area is 474 Å². The highest BCUT2D eigenvalue weighted by Gasteiger charge is 2.30. The van der Waals surface area contributed by atoms with E-state index in [0.29, 0.717) is 17.4 Å². The van der Waals surface area contributed by atoms with Crippen molar-refractivity contribution >= 4 is 19.7 Å². The third-order valence-electron chi connectivity index (χ3n) is 13.2. The number of nitrogens with zero attached hydrogens (tertiary/aromatic N) is 1. The molecule has 0 aromatic carbocycles. The molecule has 0 aliphatic heterocycles. The fourth-order valence-corrected chi connectivity index (χ4v) is 9.19. The van der Waals surface area contributed by atoms with Gasteiger partial charge in [0.05, 0.1) is 33.8 Å². The number of carbonyl (C=O) groups is 2. The van der Waals surface area contributed by atoms with Crippen LogP contribution in [0.15, 0.2) is 109 Å². The van der Waals surface area contributed by atoms with E-state index in [0.717, 1.165) is 148 Å². The van der Waals surface area contributed by atoms with Gasteiger partial charge in [0.25, 0.3) is 0 Å². The first-order chi connectivity index (χ1) is 37.4. The Hall–Kier alpha value is -3.33. The van der Waals surface area contributed by atoms with E-state index in [9.17, 15) is 19.0 Å². The van der Waals surface area contributed by atoms with Gasteiger partial charge in [0.1, 0.15) is 19.3 Å². The van der Waals surface area contributed by atoms with Crippen LogP contribution in [0.4, 0.5) is 0 Å². The van der Waals surface area contributed by atoms with Gasteiger partial charge >= 0.3 is 13.8 Å². The SMILES string of the molecule is CC/C=C\C/C=C\C/C=C\C/C=C\C/C=C\CCCCCCCCCC(=O)OC(/C=C\CCCCCCCCCCCC)C(COP(=O)(O)OCC[N+](C)(C)C)NC(=O)CCCCCCCC/C=C/C/C=C/C/C=C/CC. The molecule has 0 radical (unpaired) electrons. The van der Waals surface area contributed by atoms with Gasteiger partial charge in [0.15, 0.2) is 0 Å². The first-order valence-corrected chi connectivity index (χ1v) is 32.7. The van der Waals surface area contributed by atoms with Crippen LogP contribution in [-0.2, 0) is 27.9 Å². The molecule has 3 unspecified atom stereocenters. The van der Waals surface area contributed by atoms with Gasteiger partial charge in [-0.15, -0.1) is 0 Å². The van der Waals surface area contributed by atoms with Gasteiger partial charge in [0.2, 0.25) is 5.91 Å². The maximum Gasteiger partial charge on any atom is 0.472 e. The van der Waals surface area contributed by atoms with Gasteiger partial charge in [-0.2, -0.15) is 0 Å². The molecule has 0 rings (SSSR count). The van der Waals surface area contributed by atoms with Crippen LogP contribution >= 0.6 is 7.82 Å². The normalized spacial score (nSPS) is 14.4. The summed E-state index contributed by atoms with van der Waals surface area (Å²) < 4.78 is 30.7. The van der Waals surface area contributed by atoms with Crippen molar-refractivity contribution < 1.29 is 37.3 Å². The number of amides is 1. The van der Waals surface area contributed by atoms with Crippen LogP contribution in [0.2, 0.25) is 0 Å². The van der Waals surface area contributed by atoms with Crippen molar-refractivity contribution in [3.63, 3.8) is 0 Å². The minimum absolute atomic E-state index is 0.0301. The number of carbonyl (C=O) groups excluding carboxylic acids is 2. The average Bonchev–Trinajstić information content (AvgIpc) is 3.39. The largest absolute Gasteiger partial charge is 0.472 e.